The second-order valence-electron chi connectivity index (χ2n) is 6.86. The molecular weight excluding hydrogens is 357 g/mol. The minimum absolute atomic E-state index is 0.272. The molecule has 1 N–H and O–H groups in total. The lowest BCUT2D eigenvalue weighted by molar-refractivity contribution is 0.214. The molecule has 0 saturated carbocycles. The zero-order valence-corrected chi connectivity index (χ0v) is 16.7. The van der Waals surface area contributed by atoms with Gasteiger partial charge in [0.15, 0.2) is 0 Å². The number of halogens is 2. The van der Waals surface area contributed by atoms with E-state index in [0.29, 0.717) is 21.6 Å². The third kappa shape index (κ3) is 5.36. The molecule has 0 aliphatic carbocycles. The first-order valence-electron chi connectivity index (χ1n) is 8.05. The Bertz CT molecular complexity index is 833. The van der Waals surface area contributed by atoms with Crippen LogP contribution in [-0.2, 0) is 4.74 Å². The first-order chi connectivity index (χ1) is 11.8. The maximum atomic E-state index is 13.7. The summed E-state index contributed by atoms with van der Waals surface area (Å²) in [6.45, 7) is 8.00. The summed E-state index contributed by atoms with van der Waals surface area (Å²) in [5, 5.41) is 1.21. The normalized spacial score (nSPS) is 11.3. The van der Waals surface area contributed by atoms with E-state index in [-0.39, 0.29) is 11.5 Å². The van der Waals surface area contributed by atoms with Crippen LogP contribution in [-0.4, -0.2) is 36.7 Å². The van der Waals surface area contributed by atoms with Crippen LogP contribution in [0.2, 0.25) is 30.7 Å². The lowest BCUT2D eigenvalue weighted by atomic mass is 10.1. The van der Waals surface area contributed by atoms with Crippen LogP contribution >= 0.6 is 11.6 Å². The molecule has 0 aromatic carbocycles. The van der Waals surface area contributed by atoms with Gasteiger partial charge in [0.05, 0.1) is 5.02 Å². The number of methoxy groups -OCH3 is 1. The third-order valence-electron chi connectivity index (χ3n) is 3.59. The molecule has 3 aromatic rings. The molecule has 134 valence electrons. The van der Waals surface area contributed by atoms with E-state index in [2.05, 4.69) is 34.6 Å². The highest BCUT2D eigenvalue weighted by atomic mass is 35.5. The number of hydrogen-bond acceptors (Lipinski definition) is 3. The number of rotatable bonds is 4. The zero-order valence-electron chi connectivity index (χ0n) is 14.9. The van der Waals surface area contributed by atoms with Crippen molar-refractivity contribution in [2.75, 3.05) is 13.7 Å². The van der Waals surface area contributed by atoms with Gasteiger partial charge in [0.25, 0.3) is 0 Å². The number of fused-ring (bicyclic) bond motifs is 1. The van der Waals surface area contributed by atoms with Crippen molar-refractivity contribution in [1.82, 2.24) is 15.0 Å². The number of nitrogens with one attached hydrogen (secondary N) is 1. The fraction of sp³-hybridized carbons (Fsp3) is 0.333. The molecule has 3 aromatic heterocycles. The van der Waals surface area contributed by atoms with Gasteiger partial charge < -0.3 is 9.72 Å². The van der Waals surface area contributed by atoms with Crippen LogP contribution in [0.15, 0.2) is 36.8 Å². The van der Waals surface area contributed by atoms with Crippen LogP contribution in [0, 0.1) is 5.82 Å². The van der Waals surface area contributed by atoms with Gasteiger partial charge in [-0.05, 0) is 24.2 Å². The summed E-state index contributed by atoms with van der Waals surface area (Å²) < 4.78 is 18.6. The van der Waals surface area contributed by atoms with E-state index in [1.807, 2.05) is 0 Å². The van der Waals surface area contributed by atoms with Gasteiger partial charge in [0, 0.05) is 51.3 Å². The van der Waals surface area contributed by atoms with Crippen molar-refractivity contribution in [3.63, 3.8) is 0 Å². The van der Waals surface area contributed by atoms with Crippen molar-refractivity contribution in [3.8, 4) is 11.3 Å². The van der Waals surface area contributed by atoms with E-state index in [9.17, 15) is 4.39 Å². The Kier molecular flexibility index (Phi) is 6.69. The molecule has 0 amide bonds. The van der Waals surface area contributed by atoms with E-state index in [1.165, 1.54) is 12.1 Å². The molecular formula is C18H23ClFN3OSi. The van der Waals surface area contributed by atoms with Gasteiger partial charge in [-0.3, -0.25) is 4.98 Å². The van der Waals surface area contributed by atoms with Crippen LogP contribution in [0.4, 0.5) is 4.39 Å². The quantitative estimate of drug-likeness (QED) is 0.618. The van der Waals surface area contributed by atoms with Crippen LogP contribution in [0.5, 0.6) is 0 Å². The van der Waals surface area contributed by atoms with Crippen LogP contribution < -0.4 is 0 Å². The van der Waals surface area contributed by atoms with E-state index in [1.54, 1.807) is 37.8 Å². The number of ether oxygens (including phenoxy) is 1. The number of nitrogens with zero attached hydrogens (tertiary/aromatic N) is 2. The second-order valence-corrected chi connectivity index (χ2v) is 12.9. The number of aromatic amines is 1. The van der Waals surface area contributed by atoms with E-state index in [4.69, 9.17) is 16.3 Å². The number of aromatic nitrogens is 3. The van der Waals surface area contributed by atoms with Crippen molar-refractivity contribution in [2.24, 2.45) is 0 Å². The van der Waals surface area contributed by atoms with Crippen molar-refractivity contribution in [1.29, 1.82) is 0 Å². The van der Waals surface area contributed by atoms with Gasteiger partial charge in [0.1, 0.15) is 17.2 Å². The van der Waals surface area contributed by atoms with Crippen molar-refractivity contribution in [3.05, 3.63) is 47.6 Å². The van der Waals surface area contributed by atoms with Crippen LogP contribution in [0.3, 0.4) is 0 Å². The van der Waals surface area contributed by atoms with Crippen LogP contribution in [0.1, 0.15) is 0 Å². The largest absolute Gasteiger partial charge is 0.385 e. The van der Waals surface area contributed by atoms with Gasteiger partial charge in [-0.25, -0.2) is 9.37 Å². The Morgan fingerprint density at radius 1 is 1.20 bits per heavy atom. The molecule has 7 heteroatoms. The molecule has 0 aliphatic rings. The molecule has 4 nitrogen and oxygen atoms in total. The smallest absolute Gasteiger partial charge is 0.149 e. The lowest BCUT2D eigenvalue weighted by Crippen LogP contribution is -2.21. The number of pyridine rings is 2. The minimum Gasteiger partial charge on any atom is -0.385 e. The SMILES string of the molecule is COCC[Si](C)(C)C.Fc1cccnc1-c1c[nH]c2nccc(Cl)c12. The first kappa shape index (κ1) is 19.6. The maximum Gasteiger partial charge on any atom is 0.149 e. The van der Waals surface area contributed by atoms with Gasteiger partial charge in [0.2, 0.25) is 0 Å². The Morgan fingerprint density at radius 3 is 2.56 bits per heavy atom. The van der Waals surface area contributed by atoms with Crippen molar-refractivity contribution < 1.29 is 9.13 Å². The molecule has 3 rings (SSSR count). The number of hydrogen-bond donors (Lipinski definition) is 1. The van der Waals surface area contributed by atoms with E-state index in [0.717, 1.165) is 6.61 Å². The standard InChI is InChI=1S/C12H7ClFN3.C6H16OSi/c13-8-3-5-16-12-10(8)7(6-17-12)11-9(14)2-1-4-15-11;1-7-5-6-8(2,3)4/h1-6H,(H,16,17);5-6H2,1-4H3. The van der Waals surface area contributed by atoms with Gasteiger partial charge in [-0.2, -0.15) is 0 Å². The van der Waals surface area contributed by atoms with E-state index < -0.39 is 8.07 Å². The molecule has 0 spiro atoms. The Hall–Kier alpha value is -1.76. The molecule has 3 heterocycles. The molecule has 0 radical (unpaired) electrons. The van der Waals surface area contributed by atoms with Crippen LogP contribution in [0.25, 0.3) is 22.3 Å². The fourth-order valence-electron chi connectivity index (χ4n) is 2.20. The summed E-state index contributed by atoms with van der Waals surface area (Å²) in [5.41, 5.74) is 1.52. The van der Waals surface area contributed by atoms with Gasteiger partial charge in [-0.1, -0.05) is 31.2 Å². The van der Waals surface area contributed by atoms with Gasteiger partial charge in [-0.15, -0.1) is 0 Å². The average Bonchev–Trinajstić information content (AvgIpc) is 2.99. The molecule has 0 unspecified atom stereocenters. The van der Waals surface area contributed by atoms with Gasteiger partial charge >= 0.3 is 0 Å². The highest BCUT2D eigenvalue weighted by Gasteiger charge is 2.14. The monoisotopic (exact) mass is 379 g/mol. The predicted octanol–water partition coefficient (Wildman–Crippen LogP) is 5.39. The van der Waals surface area contributed by atoms with E-state index >= 15 is 0 Å². The highest BCUT2D eigenvalue weighted by Crippen LogP contribution is 2.32. The third-order valence-corrected chi connectivity index (χ3v) is 5.61. The maximum absolute atomic E-state index is 13.7. The predicted molar refractivity (Wildman–Crippen MR) is 104 cm³/mol. The molecule has 0 bridgehead atoms. The Morgan fingerprint density at radius 2 is 1.96 bits per heavy atom. The average molecular weight is 380 g/mol. The Labute approximate surface area is 153 Å². The summed E-state index contributed by atoms with van der Waals surface area (Å²) in [7, 11) is 0.961. The summed E-state index contributed by atoms with van der Waals surface area (Å²) in [4.78, 5) is 11.1. The lowest BCUT2D eigenvalue weighted by Gasteiger charge is -2.13. The minimum atomic E-state index is -0.803. The summed E-state index contributed by atoms with van der Waals surface area (Å²) in [5.74, 6) is -0.381. The number of H-pyrrole nitrogens is 1. The fourth-order valence-corrected chi connectivity index (χ4v) is 3.26. The van der Waals surface area contributed by atoms with Crippen molar-refractivity contribution in [2.45, 2.75) is 25.7 Å². The second kappa shape index (κ2) is 8.56. The highest BCUT2D eigenvalue weighted by molar-refractivity contribution is 6.76. The zero-order chi connectivity index (χ0) is 18.4. The molecule has 0 fully saturated rings. The molecule has 0 saturated heterocycles. The molecule has 25 heavy (non-hydrogen) atoms. The summed E-state index contributed by atoms with van der Waals surface area (Å²) in [6.07, 6.45) is 4.80. The topological polar surface area (TPSA) is 50.8 Å². The molecule has 0 aliphatic heterocycles. The first-order valence-corrected chi connectivity index (χ1v) is 12.1. The summed E-state index contributed by atoms with van der Waals surface area (Å²) in [6, 6.07) is 5.87. The van der Waals surface area contributed by atoms with Crippen molar-refractivity contribution >= 4 is 30.7 Å². The molecule has 0 atom stereocenters. The summed E-state index contributed by atoms with van der Waals surface area (Å²) >= 11 is 6.10. The Balaban J connectivity index is 0.000000242.